The zero-order valence-electron chi connectivity index (χ0n) is 13.1. The van der Waals surface area contributed by atoms with Crippen LogP contribution in [0.2, 0.25) is 0 Å². The number of hydrogen-bond donors (Lipinski definition) is 3. The van der Waals surface area contributed by atoms with E-state index in [0.29, 0.717) is 5.56 Å². The molecule has 0 aromatic heterocycles. The predicted molar refractivity (Wildman–Crippen MR) is 83.0 cm³/mol. The maximum absolute atomic E-state index is 13.0. The number of rotatable bonds is 4. The molecule has 2 aromatic rings. The van der Waals surface area contributed by atoms with Gasteiger partial charge >= 0.3 is 6.18 Å². The fourth-order valence-electron chi connectivity index (χ4n) is 2.27. The second-order valence-electron chi connectivity index (χ2n) is 5.30. The Kier molecular flexibility index (Phi) is 5.43. The third kappa shape index (κ3) is 4.36. The second kappa shape index (κ2) is 7.35. The molecule has 0 fully saturated rings. The van der Waals surface area contributed by atoms with Gasteiger partial charge in [-0.1, -0.05) is 24.3 Å². The molecule has 0 spiro atoms. The topological polar surface area (TPSA) is 78.4 Å². The van der Waals surface area contributed by atoms with Crippen molar-refractivity contribution >= 4 is 11.8 Å². The van der Waals surface area contributed by atoms with Gasteiger partial charge in [-0.15, -0.1) is 0 Å². The highest BCUT2D eigenvalue weighted by Gasteiger charge is 2.35. The Morgan fingerprint density at radius 1 is 1.00 bits per heavy atom. The number of hydroxylamine groups is 1. The van der Waals surface area contributed by atoms with Gasteiger partial charge in [0, 0.05) is 5.56 Å². The first-order valence-electron chi connectivity index (χ1n) is 7.25. The van der Waals surface area contributed by atoms with Crippen LogP contribution in [0.25, 0.3) is 0 Å². The number of carbonyl (C=O) groups is 2. The largest absolute Gasteiger partial charge is 0.417 e. The van der Waals surface area contributed by atoms with Gasteiger partial charge < -0.3 is 5.32 Å². The van der Waals surface area contributed by atoms with Crippen LogP contribution in [0.5, 0.6) is 0 Å². The molecule has 0 radical (unpaired) electrons. The van der Waals surface area contributed by atoms with Gasteiger partial charge in [-0.3, -0.25) is 14.8 Å². The summed E-state index contributed by atoms with van der Waals surface area (Å²) in [5.41, 5.74) is 0.815. The SMILES string of the molecule is CC(NC(=O)c1ccccc1C(F)(F)F)c1ccc(C(=O)NO)cc1. The molecule has 0 saturated carbocycles. The minimum Gasteiger partial charge on any atom is -0.346 e. The van der Waals surface area contributed by atoms with Crippen LogP contribution in [0, 0.1) is 0 Å². The zero-order chi connectivity index (χ0) is 18.6. The summed E-state index contributed by atoms with van der Waals surface area (Å²) in [5.74, 6) is -1.54. The van der Waals surface area contributed by atoms with Crippen LogP contribution in [-0.4, -0.2) is 17.0 Å². The lowest BCUT2D eigenvalue weighted by molar-refractivity contribution is -0.137. The minimum absolute atomic E-state index is 0.201. The Bertz CT molecular complexity index is 773. The molecule has 132 valence electrons. The van der Waals surface area contributed by atoms with E-state index in [2.05, 4.69) is 5.32 Å². The number of amides is 2. The molecule has 1 unspecified atom stereocenters. The van der Waals surface area contributed by atoms with Gasteiger partial charge in [0.05, 0.1) is 17.2 Å². The van der Waals surface area contributed by atoms with Crippen molar-refractivity contribution in [2.24, 2.45) is 0 Å². The van der Waals surface area contributed by atoms with Crippen molar-refractivity contribution in [3.8, 4) is 0 Å². The average molecular weight is 352 g/mol. The molecule has 8 heteroatoms. The molecule has 0 bridgehead atoms. The molecular formula is C17H15F3N2O3. The molecular weight excluding hydrogens is 337 g/mol. The Morgan fingerprint density at radius 3 is 2.16 bits per heavy atom. The van der Waals surface area contributed by atoms with Crippen LogP contribution in [0.1, 0.15) is 44.8 Å². The summed E-state index contributed by atoms with van der Waals surface area (Å²) in [4.78, 5) is 23.5. The van der Waals surface area contributed by atoms with Crippen LogP contribution in [-0.2, 0) is 6.18 Å². The lowest BCUT2D eigenvalue weighted by Crippen LogP contribution is -2.29. The van der Waals surface area contributed by atoms with Crippen molar-refractivity contribution in [3.05, 3.63) is 70.8 Å². The van der Waals surface area contributed by atoms with Crippen molar-refractivity contribution < 1.29 is 28.0 Å². The molecule has 0 saturated heterocycles. The molecule has 25 heavy (non-hydrogen) atoms. The number of halogens is 3. The van der Waals surface area contributed by atoms with Crippen molar-refractivity contribution in [2.75, 3.05) is 0 Å². The van der Waals surface area contributed by atoms with E-state index in [4.69, 9.17) is 5.21 Å². The molecule has 2 aromatic carbocycles. The van der Waals surface area contributed by atoms with Crippen LogP contribution in [0.4, 0.5) is 13.2 Å². The normalized spacial score (nSPS) is 12.4. The molecule has 2 rings (SSSR count). The number of carbonyl (C=O) groups excluding carboxylic acids is 2. The minimum atomic E-state index is -4.63. The van der Waals surface area contributed by atoms with E-state index in [1.165, 1.54) is 41.9 Å². The number of alkyl halides is 3. The third-order valence-corrected chi connectivity index (χ3v) is 3.60. The van der Waals surface area contributed by atoms with Crippen molar-refractivity contribution in [2.45, 2.75) is 19.1 Å². The Labute approximate surface area is 141 Å². The smallest absolute Gasteiger partial charge is 0.346 e. The number of nitrogens with one attached hydrogen (secondary N) is 2. The number of hydrogen-bond acceptors (Lipinski definition) is 3. The monoisotopic (exact) mass is 352 g/mol. The summed E-state index contributed by atoms with van der Waals surface area (Å²) in [7, 11) is 0. The van der Waals surface area contributed by atoms with Gasteiger partial charge in [-0.25, -0.2) is 5.48 Å². The average Bonchev–Trinajstić information content (AvgIpc) is 2.60. The molecule has 2 amide bonds. The summed E-state index contributed by atoms with van der Waals surface area (Å²) >= 11 is 0. The van der Waals surface area contributed by atoms with Gasteiger partial charge in [-0.05, 0) is 36.8 Å². The van der Waals surface area contributed by atoms with Gasteiger partial charge in [0.2, 0.25) is 0 Å². The van der Waals surface area contributed by atoms with Gasteiger partial charge in [-0.2, -0.15) is 13.2 Å². The lowest BCUT2D eigenvalue weighted by Gasteiger charge is -2.17. The zero-order valence-corrected chi connectivity index (χ0v) is 13.1. The number of benzene rings is 2. The first-order valence-corrected chi connectivity index (χ1v) is 7.25. The van der Waals surface area contributed by atoms with Gasteiger partial charge in [0.1, 0.15) is 0 Å². The summed E-state index contributed by atoms with van der Waals surface area (Å²) in [5, 5.41) is 11.1. The quantitative estimate of drug-likeness (QED) is 0.583. The van der Waals surface area contributed by atoms with Gasteiger partial charge in [0.25, 0.3) is 11.8 Å². The highest BCUT2D eigenvalue weighted by molar-refractivity contribution is 5.96. The first kappa shape index (κ1) is 18.5. The predicted octanol–water partition coefficient (Wildman–Crippen LogP) is 3.32. The molecule has 0 aliphatic rings. The highest BCUT2D eigenvalue weighted by Crippen LogP contribution is 2.32. The summed E-state index contributed by atoms with van der Waals surface area (Å²) in [6.07, 6.45) is -4.63. The maximum Gasteiger partial charge on any atom is 0.417 e. The van der Waals surface area contributed by atoms with Crippen molar-refractivity contribution in [3.63, 3.8) is 0 Å². The van der Waals surface area contributed by atoms with E-state index in [1.54, 1.807) is 6.92 Å². The lowest BCUT2D eigenvalue weighted by atomic mass is 10.0. The van der Waals surface area contributed by atoms with Crippen molar-refractivity contribution in [1.82, 2.24) is 10.8 Å². The molecule has 3 N–H and O–H groups in total. The molecule has 5 nitrogen and oxygen atoms in total. The summed E-state index contributed by atoms with van der Waals surface area (Å²) in [6, 6.07) is 9.86. The second-order valence-corrected chi connectivity index (χ2v) is 5.30. The van der Waals surface area contributed by atoms with Crippen LogP contribution in [0.3, 0.4) is 0 Å². The highest BCUT2D eigenvalue weighted by atomic mass is 19.4. The summed E-state index contributed by atoms with van der Waals surface area (Å²) in [6.45, 7) is 1.61. The third-order valence-electron chi connectivity index (χ3n) is 3.60. The van der Waals surface area contributed by atoms with Crippen molar-refractivity contribution in [1.29, 1.82) is 0 Å². The fraction of sp³-hybridized carbons (Fsp3) is 0.176. The van der Waals surface area contributed by atoms with E-state index >= 15 is 0 Å². The Balaban J connectivity index is 2.17. The molecule has 0 aliphatic heterocycles. The summed E-state index contributed by atoms with van der Waals surface area (Å²) < 4.78 is 39.0. The van der Waals surface area contributed by atoms with Crippen LogP contribution >= 0.6 is 0 Å². The van der Waals surface area contributed by atoms with E-state index in [1.807, 2.05) is 0 Å². The molecule has 0 heterocycles. The molecule has 0 aliphatic carbocycles. The van der Waals surface area contributed by atoms with Gasteiger partial charge in [0.15, 0.2) is 0 Å². The first-order chi connectivity index (χ1) is 11.7. The van der Waals surface area contributed by atoms with E-state index in [-0.39, 0.29) is 5.56 Å². The van der Waals surface area contributed by atoms with Crippen LogP contribution in [0.15, 0.2) is 48.5 Å². The van der Waals surface area contributed by atoms with E-state index in [0.717, 1.165) is 12.1 Å². The molecule has 1 atom stereocenters. The maximum atomic E-state index is 13.0. The fourth-order valence-corrected chi connectivity index (χ4v) is 2.27. The Morgan fingerprint density at radius 2 is 1.60 bits per heavy atom. The Hall–Kier alpha value is -2.87. The van der Waals surface area contributed by atoms with E-state index < -0.39 is 35.2 Å². The standard InChI is InChI=1S/C17H15F3N2O3/c1-10(11-6-8-12(9-7-11)15(23)22-25)21-16(24)13-4-2-3-5-14(13)17(18,19)20/h2-10,25H,1H3,(H,21,24)(H,22,23). The van der Waals surface area contributed by atoms with Crippen LogP contribution < -0.4 is 10.8 Å². The van der Waals surface area contributed by atoms with E-state index in [9.17, 15) is 22.8 Å².